The van der Waals surface area contributed by atoms with E-state index >= 15 is 0 Å². The Labute approximate surface area is 366 Å². The maximum atomic E-state index is 13.9. The normalized spacial score (nSPS) is 23.9. The zero-order valence-corrected chi connectivity index (χ0v) is 34.1. The third kappa shape index (κ3) is 11.2. The molecule has 2 saturated heterocycles. The minimum Gasteiger partial charge on any atom is -0.459 e. The van der Waals surface area contributed by atoms with Crippen LogP contribution in [0.3, 0.4) is 0 Å². The molecule has 2 fully saturated rings. The van der Waals surface area contributed by atoms with Crippen molar-refractivity contribution < 1.29 is 76.5 Å². The van der Waals surface area contributed by atoms with Crippen molar-refractivity contribution in [2.45, 2.75) is 62.2 Å². The SMILES string of the molecule is CC(=O)O[C@H]1[C@@H](OC(=O)c2ccccc2)[C@H](O[C@@H]2OC[C@@H](OC(=O)c3ccccc3)[C@H](OC(=O)c3ccccc3)[C@H]2OC(=O)c2ccccc2)[C@@H](COC(=O)c2ccccc2)O[C@@H]1O. The molecule has 16 nitrogen and oxygen atoms in total. The van der Waals surface area contributed by atoms with E-state index in [1.807, 2.05) is 0 Å². The summed E-state index contributed by atoms with van der Waals surface area (Å²) in [5.41, 5.74) is 0.550. The first kappa shape index (κ1) is 44.8. The van der Waals surface area contributed by atoms with Gasteiger partial charge in [0.1, 0.15) is 18.8 Å². The van der Waals surface area contributed by atoms with E-state index in [1.54, 1.807) is 91.0 Å². The molecule has 0 aliphatic carbocycles. The lowest BCUT2D eigenvalue weighted by Crippen LogP contribution is -2.65. The van der Waals surface area contributed by atoms with Gasteiger partial charge in [0.05, 0.1) is 34.4 Å². The smallest absolute Gasteiger partial charge is 0.338 e. The number of ether oxygens (including phenoxy) is 9. The van der Waals surface area contributed by atoms with Crippen molar-refractivity contribution in [1.29, 1.82) is 0 Å². The van der Waals surface area contributed by atoms with Crippen LogP contribution in [0.25, 0.3) is 0 Å². The largest absolute Gasteiger partial charge is 0.459 e. The van der Waals surface area contributed by atoms with Crippen molar-refractivity contribution in [2.75, 3.05) is 13.2 Å². The van der Waals surface area contributed by atoms with Crippen molar-refractivity contribution in [3.05, 3.63) is 179 Å². The van der Waals surface area contributed by atoms with Crippen LogP contribution in [0.1, 0.15) is 58.7 Å². The average Bonchev–Trinajstić information content (AvgIpc) is 3.32. The van der Waals surface area contributed by atoms with Gasteiger partial charge in [0.25, 0.3) is 0 Å². The van der Waals surface area contributed by atoms with Crippen LogP contribution in [0, 0.1) is 0 Å². The number of carbonyl (C=O) groups excluding carboxylic acids is 6. The summed E-state index contributed by atoms with van der Waals surface area (Å²) >= 11 is 0. The molecule has 0 bridgehead atoms. The molecule has 9 atom stereocenters. The van der Waals surface area contributed by atoms with Crippen molar-refractivity contribution >= 4 is 35.8 Å². The number of hydrogen-bond donors (Lipinski definition) is 1. The lowest BCUT2D eigenvalue weighted by Gasteiger charge is -2.46. The van der Waals surface area contributed by atoms with Gasteiger partial charge in [-0.1, -0.05) is 91.0 Å². The van der Waals surface area contributed by atoms with Crippen molar-refractivity contribution in [3.8, 4) is 0 Å². The van der Waals surface area contributed by atoms with Crippen LogP contribution in [-0.4, -0.2) is 109 Å². The van der Waals surface area contributed by atoms with Gasteiger partial charge in [0, 0.05) is 6.92 Å². The summed E-state index contributed by atoms with van der Waals surface area (Å²) in [6.07, 6.45) is -15.3. The first-order valence-electron chi connectivity index (χ1n) is 20.1. The van der Waals surface area contributed by atoms with Crippen molar-refractivity contribution in [1.82, 2.24) is 0 Å². The fourth-order valence-corrected chi connectivity index (χ4v) is 6.92. The minimum atomic E-state index is -1.97. The fourth-order valence-electron chi connectivity index (χ4n) is 6.92. The molecule has 0 aromatic heterocycles. The van der Waals surface area contributed by atoms with Crippen LogP contribution in [-0.2, 0) is 47.4 Å². The second-order valence-corrected chi connectivity index (χ2v) is 14.4. The molecule has 2 aliphatic rings. The van der Waals surface area contributed by atoms with Gasteiger partial charge in [-0.2, -0.15) is 0 Å². The topological polar surface area (TPSA) is 206 Å². The summed E-state index contributed by atoms with van der Waals surface area (Å²) in [4.78, 5) is 80.8. The minimum absolute atomic E-state index is 0.0652. The second kappa shape index (κ2) is 21.2. The number of aliphatic hydroxyl groups excluding tert-OH is 1. The first-order chi connectivity index (χ1) is 31.0. The van der Waals surface area contributed by atoms with Gasteiger partial charge >= 0.3 is 35.8 Å². The van der Waals surface area contributed by atoms with E-state index in [0.717, 1.165) is 6.92 Å². The standard InChI is InChI=1S/C48H42O16/c1-29(49)58-40-39(62-45(53)33-23-13-5-14-24-33)37(35(60-47(40)55)27-56-42(50)30-17-7-2-8-18-30)64-48-41(63-46(54)34-25-15-6-16-26-34)38(61-44(52)32-21-11-4-12-22-32)36(28-57-48)59-43(51)31-19-9-3-10-20-31/h2-26,35-41,47-48,55H,27-28H2,1H3/t35-,36-,37-,38+,39+,40+,41-,47+,48+/m1/s1. The summed E-state index contributed by atoms with van der Waals surface area (Å²) in [6.45, 7) is -0.119. The third-order valence-corrected chi connectivity index (χ3v) is 10.00. The molecule has 1 N–H and O–H groups in total. The van der Waals surface area contributed by atoms with E-state index < -0.39 is 104 Å². The Morgan fingerprint density at radius 3 is 1.31 bits per heavy atom. The van der Waals surface area contributed by atoms with Gasteiger partial charge in [-0.25, -0.2) is 24.0 Å². The Bertz CT molecular complexity index is 2360. The lowest BCUT2D eigenvalue weighted by molar-refractivity contribution is -0.341. The number of hydrogen-bond acceptors (Lipinski definition) is 16. The average molecular weight is 875 g/mol. The number of rotatable bonds is 14. The van der Waals surface area contributed by atoms with Crippen LogP contribution in [0.15, 0.2) is 152 Å². The maximum Gasteiger partial charge on any atom is 0.338 e. The fraction of sp³-hybridized carbons (Fsp3) is 0.250. The first-order valence-corrected chi connectivity index (χ1v) is 20.1. The van der Waals surface area contributed by atoms with Crippen molar-refractivity contribution in [3.63, 3.8) is 0 Å². The van der Waals surface area contributed by atoms with Crippen LogP contribution < -0.4 is 0 Å². The van der Waals surface area contributed by atoms with Gasteiger partial charge in [-0.05, 0) is 60.7 Å². The summed E-state index contributed by atoms with van der Waals surface area (Å²) in [7, 11) is 0. The van der Waals surface area contributed by atoms with Crippen LogP contribution in [0.4, 0.5) is 0 Å². The molecule has 0 amide bonds. The van der Waals surface area contributed by atoms with Gasteiger partial charge in [-0.3, -0.25) is 4.79 Å². The second-order valence-electron chi connectivity index (χ2n) is 14.4. The van der Waals surface area contributed by atoms with E-state index in [1.165, 1.54) is 60.7 Å². The molecule has 7 rings (SSSR count). The highest BCUT2D eigenvalue weighted by Gasteiger charge is 2.55. The summed E-state index contributed by atoms with van der Waals surface area (Å²) in [5.74, 6) is -5.30. The Balaban J connectivity index is 1.29. The predicted molar refractivity (Wildman–Crippen MR) is 220 cm³/mol. The molecular formula is C48H42O16. The van der Waals surface area contributed by atoms with E-state index in [-0.39, 0.29) is 27.8 Å². The number of esters is 6. The quantitative estimate of drug-likeness (QED) is 0.113. The Hall–Kier alpha value is -7.24. The third-order valence-electron chi connectivity index (χ3n) is 10.00. The maximum absolute atomic E-state index is 13.9. The molecule has 0 radical (unpaired) electrons. The molecule has 2 heterocycles. The highest BCUT2D eigenvalue weighted by Crippen LogP contribution is 2.34. The molecule has 0 unspecified atom stereocenters. The van der Waals surface area contributed by atoms with E-state index in [2.05, 4.69) is 0 Å². The molecule has 5 aromatic carbocycles. The molecule has 2 aliphatic heterocycles. The van der Waals surface area contributed by atoms with Crippen LogP contribution in [0.2, 0.25) is 0 Å². The van der Waals surface area contributed by atoms with E-state index in [9.17, 15) is 33.9 Å². The van der Waals surface area contributed by atoms with Crippen molar-refractivity contribution in [2.24, 2.45) is 0 Å². The molecule has 64 heavy (non-hydrogen) atoms. The molecule has 0 saturated carbocycles. The molecule has 5 aromatic rings. The number of benzene rings is 5. The monoisotopic (exact) mass is 874 g/mol. The molecular weight excluding hydrogens is 833 g/mol. The highest BCUT2D eigenvalue weighted by atomic mass is 16.8. The molecule has 0 spiro atoms. The zero-order chi connectivity index (χ0) is 45.0. The number of carbonyl (C=O) groups is 6. The Morgan fingerprint density at radius 2 is 0.875 bits per heavy atom. The molecule has 330 valence electrons. The summed E-state index contributed by atoms with van der Waals surface area (Å²) in [6, 6.07) is 39.3. The zero-order valence-electron chi connectivity index (χ0n) is 34.1. The summed E-state index contributed by atoms with van der Waals surface area (Å²) in [5, 5.41) is 11.3. The van der Waals surface area contributed by atoms with Crippen LogP contribution in [0.5, 0.6) is 0 Å². The predicted octanol–water partition coefficient (Wildman–Crippen LogP) is 5.14. The van der Waals surface area contributed by atoms with Gasteiger partial charge < -0.3 is 47.7 Å². The highest BCUT2D eigenvalue weighted by molar-refractivity contribution is 5.92. The van der Waals surface area contributed by atoms with E-state index in [0.29, 0.717) is 0 Å². The molecule has 16 heteroatoms. The Kier molecular flexibility index (Phi) is 14.9. The number of aliphatic hydroxyl groups is 1. The summed E-state index contributed by atoms with van der Waals surface area (Å²) < 4.78 is 53.6. The van der Waals surface area contributed by atoms with E-state index in [4.69, 9.17) is 42.6 Å². The van der Waals surface area contributed by atoms with Gasteiger partial charge in [0.15, 0.2) is 43.1 Å². The lowest BCUT2D eigenvalue weighted by atomic mass is 9.97. The van der Waals surface area contributed by atoms with Gasteiger partial charge in [0.2, 0.25) is 0 Å². The Morgan fingerprint density at radius 1 is 0.484 bits per heavy atom. The van der Waals surface area contributed by atoms with Crippen LogP contribution >= 0.6 is 0 Å². The van der Waals surface area contributed by atoms with Gasteiger partial charge in [-0.15, -0.1) is 0 Å².